The summed E-state index contributed by atoms with van der Waals surface area (Å²) in [4.78, 5) is 8.56. The molecular formula is C17H21ClN4O2. The van der Waals surface area contributed by atoms with Crippen molar-refractivity contribution in [1.29, 1.82) is 0 Å². The number of anilines is 2. The molecule has 0 aliphatic carbocycles. The first-order valence-corrected chi connectivity index (χ1v) is 8.19. The Labute approximate surface area is 146 Å². The Bertz CT molecular complexity index is 723. The van der Waals surface area contributed by atoms with Crippen LogP contribution in [0.2, 0.25) is 5.02 Å². The molecule has 3 N–H and O–H groups in total. The molecule has 0 aromatic carbocycles. The maximum atomic E-state index is 6.20. The first-order valence-electron chi connectivity index (χ1n) is 7.81. The molecule has 2 aromatic heterocycles. The van der Waals surface area contributed by atoms with Crippen LogP contribution in [0.5, 0.6) is 0 Å². The highest BCUT2D eigenvalue weighted by Gasteiger charge is 2.29. The molecule has 24 heavy (non-hydrogen) atoms. The number of rotatable bonds is 4. The monoisotopic (exact) mass is 348 g/mol. The summed E-state index contributed by atoms with van der Waals surface area (Å²) in [6, 6.07) is 7.42. The number of halogens is 1. The molecule has 0 bridgehead atoms. The van der Waals surface area contributed by atoms with E-state index >= 15 is 0 Å². The minimum Gasteiger partial charge on any atom is -0.384 e. The molecule has 0 unspecified atom stereocenters. The second kappa shape index (κ2) is 6.93. The third-order valence-corrected chi connectivity index (χ3v) is 3.95. The van der Waals surface area contributed by atoms with Crippen molar-refractivity contribution in [1.82, 2.24) is 9.97 Å². The van der Waals surface area contributed by atoms with Crippen molar-refractivity contribution in [2.24, 2.45) is 0 Å². The molecule has 6 nitrogen and oxygen atoms in total. The predicted octanol–water partition coefficient (Wildman–Crippen LogP) is 2.99. The molecule has 0 radical (unpaired) electrons. The van der Waals surface area contributed by atoms with E-state index in [0.29, 0.717) is 30.6 Å². The highest BCUT2D eigenvalue weighted by molar-refractivity contribution is 6.33. The molecule has 0 spiro atoms. The van der Waals surface area contributed by atoms with Gasteiger partial charge in [-0.25, -0.2) is 9.97 Å². The minimum atomic E-state index is -0.262. The molecule has 2 aromatic rings. The van der Waals surface area contributed by atoms with E-state index in [0.717, 1.165) is 17.1 Å². The average Bonchev–Trinajstić information content (AvgIpc) is 2.55. The fourth-order valence-electron chi connectivity index (χ4n) is 2.61. The van der Waals surface area contributed by atoms with Gasteiger partial charge in [-0.1, -0.05) is 17.7 Å². The molecule has 3 heterocycles. The van der Waals surface area contributed by atoms with Gasteiger partial charge in [-0.3, -0.25) is 0 Å². The average molecular weight is 349 g/mol. The lowest BCUT2D eigenvalue weighted by Crippen LogP contribution is -2.45. The van der Waals surface area contributed by atoms with Crippen LogP contribution < -0.4 is 11.1 Å². The van der Waals surface area contributed by atoms with E-state index in [2.05, 4.69) is 15.3 Å². The van der Waals surface area contributed by atoms with Crippen molar-refractivity contribution >= 4 is 23.2 Å². The van der Waals surface area contributed by atoms with Gasteiger partial charge in [0.2, 0.25) is 0 Å². The number of ether oxygens (including phenoxy) is 2. The van der Waals surface area contributed by atoms with Gasteiger partial charge in [0.25, 0.3) is 0 Å². The van der Waals surface area contributed by atoms with Gasteiger partial charge in [-0.05, 0) is 32.0 Å². The van der Waals surface area contributed by atoms with Crippen molar-refractivity contribution < 1.29 is 9.47 Å². The molecule has 128 valence electrons. The lowest BCUT2D eigenvalue weighted by atomic mass is 10.1. The zero-order valence-electron chi connectivity index (χ0n) is 13.8. The largest absolute Gasteiger partial charge is 0.384 e. The second-order valence-electron chi connectivity index (χ2n) is 6.39. The number of hydrogen-bond acceptors (Lipinski definition) is 6. The van der Waals surface area contributed by atoms with Crippen molar-refractivity contribution in [3.63, 3.8) is 0 Å². The molecule has 0 saturated carbocycles. The first kappa shape index (κ1) is 17.0. The quantitative estimate of drug-likeness (QED) is 0.883. The first-order chi connectivity index (χ1) is 11.4. The van der Waals surface area contributed by atoms with Crippen LogP contribution in [-0.4, -0.2) is 41.4 Å². The molecule has 1 fully saturated rings. The van der Waals surface area contributed by atoms with Gasteiger partial charge in [0.1, 0.15) is 11.6 Å². The van der Waals surface area contributed by atoms with Crippen molar-refractivity contribution in [2.75, 3.05) is 30.8 Å². The summed E-state index contributed by atoms with van der Waals surface area (Å²) in [6.45, 7) is 5.84. The predicted molar refractivity (Wildman–Crippen MR) is 95.2 cm³/mol. The molecule has 0 amide bonds. The van der Waals surface area contributed by atoms with Crippen molar-refractivity contribution in [3.05, 3.63) is 35.5 Å². The van der Waals surface area contributed by atoms with Crippen LogP contribution >= 0.6 is 11.6 Å². The van der Waals surface area contributed by atoms with Crippen LogP contribution in [0.25, 0.3) is 11.3 Å². The van der Waals surface area contributed by atoms with E-state index in [-0.39, 0.29) is 11.7 Å². The fourth-order valence-corrected chi connectivity index (χ4v) is 2.81. The zero-order valence-corrected chi connectivity index (χ0v) is 14.5. The Morgan fingerprint density at radius 1 is 1.42 bits per heavy atom. The molecule has 1 aliphatic heterocycles. The summed E-state index contributed by atoms with van der Waals surface area (Å²) in [5.41, 5.74) is 6.97. The summed E-state index contributed by atoms with van der Waals surface area (Å²) in [6.07, 6.45) is 1.52. The number of aromatic nitrogens is 2. The molecule has 1 saturated heterocycles. The van der Waals surface area contributed by atoms with Gasteiger partial charge in [0.05, 0.1) is 35.6 Å². The number of hydrogen-bond donors (Lipinski definition) is 2. The SMILES string of the molecule is CC1(C)COC[C@@H](CNc2cccc(-c3cc(N)ncc3Cl)n2)O1. The fraction of sp³-hybridized carbons (Fsp3) is 0.412. The summed E-state index contributed by atoms with van der Waals surface area (Å²) in [7, 11) is 0. The van der Waals surface area contributed by atoms with E-state index in [1.165, 1.54) is 6.20 Å². The lowest BCUT2D eigenvalue weighted by Gasteiger charge is -2.36. The topological polar surface area (TPSA) is 82.3 Å². The van der Waals surface area contributed by atoms with Crippen LogP contribution in [0.15, 0.2) is 30.5 Å². The van der Waals surface area contributed by atoms with Crippen molar-refractivity contribution in [2.45, 2.75) is 25.6 Å². The Balaban J connectivity index is 1.71. The van der Waals surface area contributed by atoms with E-state index in [1.807, 2.05) is 32.0 Å². The smallest absolute Gasteiger partial charge is 0.126 e. The minimum absolute atomic E-state index is 0.0145. The Morgan fingerprint density at radius 2 is 2.25 bits per heavy atom. The summed E-state index contributed by atoms with van der Waals surface area (Å²) in [5, 5.41) is 3.80. The Morgan fingerprint density at radius 3 is 3.04 bits per heavy atom. The lowest BCUT2D eigenvalue weighted by molar-refractivity contribution is -0.177. The standard InChI is InChI=1S/C17H21ClN4O2/c1-17(2)10-23-9-11(24-17)7-21-16-5-3-4-14(22-16)12-6-15(19)20-8-13(12)18/h3-6,8,11H,7,9-10H2,1-2H3,(H2,19,20)(H,21,22)/t11-/m1/s1. The van der Waals surface area contributed by atoms with Gasteiger partial charge in [0, 0.05) is 18.3 Å². The van der Waals surface area contributed by atoms with Crippen molar-refractivity contribution in [3.8, 4) is 11.3 Å². The molecular weight excluding hydrogens is 328 g/mol. The second-order valence-corrected chi connectivity index (χ2v) is 6.80. The van der Waals surface area contributed by atoms with Gasteiger partial charge >= 0.3 is 0 Å². The number of nitrogens with zero attached hydrogens (tertiary/aromatic N) is 2. The van der Waals surface area contributed by atoms with Gasteiger partial charge < -0.3 is 20.5 Å². The molecule has 3 rings (SSSR count). The van der Waals surface area contributed by atoms with Crippen LogP contribution in [0.3, 0.4) is 0 Å². The van der Waals surface area contributed by atoms with Crippen LogP contribution in [0, 0.1) is 0 Å². The third kappa shape index (κ3) is 4.14. The van der Waals surface area contributed by atoms with Gasteiger partial charge in [-0.2, -0.15) is 0 Å². The van der Waals surface area contributed by atoms with Gasteiger partial charge in [0.15, 0.2) is 0 Å². The number of nitrogen functional groups attached to an aromatic ring is 1. The maximum absolute atomic E-state index is 6.20. The normalized spacial score (nSPS) is 19.9. The highest BCUT2D eigenvalue weighted by atomic mass is 35.5. The van der Waals surface area contributed by atoms with E-state index in [9.17, 15) is 0 Å². The number of nitrogens with one attached hydrogen (secondary N) is 1. The number of nitrogens with two attached hydrogens (primary N) is 1. The summed E-state index contributed by atoms with van der Waals surface area (Å²) < 4.78 is 11.6. The Kier molecular flexibility index (Phi) is 4.89. The van der Waals surface area contributed by atoms with E-state index in [4.69, 9.17) is 26.8 Å². The molecule has 1 aliphatic rings. The van der Waals surface area contributed by atoms with Crippen LogP contribution in [0.4, 0.5) is 11.6 Å². The van der Waals surface area contributed by atoms with Crippen LogP contribution in [-0.2, 0) is 9.47 Å². The number of pyridine rings is 2. The van der Waals surface area contributed by atoms with Gasteiger partial charge in [-0.15, -0.1) is 0 Å². The van der Waals surface area contributed by atoms with Crippen LogP contribution in [0.1, 0.15) is 13.8 Å². The maximum Gasteiger partial charge on any atom is 0.126 e. The molecule has 1 atom stereocenters. The molecule has 7 heteroatoms. The summed E-state index contributed by atoms with van der Waals surface area (Å²) in [5.74, 6) is 1.15. The Hall–Kier alpha value is -1.89. The highest BCUT2D eigenvalue weighted by Crippen LogP contribution is 2.28. The summed E-state index contributed by atoms with van der Waals surface area (Å²) >= 11 is 6.20. The van der Waals surface area contributed by atoms with E-state index < -0.39 is 0 Å². The third-order valence-electron chi connectivity index (χ3n) is 3.65. The zero-order chi connectivity index (χ0) is 17.2. The van der Waals surface area contributed by atoms with E-state index in [1.54, 1.807) is 6.07 Å².